The van der Waals surface area contributed by atoms with Gasteiger partial charge in [0.05, 0.1) is 0 Å². The maximum atomic E-state index is 9.47. The van der Waals surface area contributed by atoms with E-state index in [-0.39, 0.29) is 5.75 Å². The van der Waals surface area contributed by atoms with Gasteiger partial charge in [0, 0.05) is 6.07 Å². The first-order valence-electron chi connectivity index (χ1n) is 6.01. The van der Waals surface area contributed by atoms with Crippen LogP contribution < -0.4 is 9.47 Å². The number of ether oxygens (including phenoxy) is 2. The van der Waals surface area contributed by atoms with Crippen LogP contribution in [0.3, 0.4) is 0 Å². The predicted molar refractivity (Wildman–Crippen MR) is 72.2 cm³/mol. The van der Waals surface area contributed by atoms with Crippen molar-refractivity contribution in [2.24, 2.45) is 0 Å². The highest BCUT2D eigenvalue weighted by Gasteiger charge is 2.19. The quantitative estimate of drug-likeness (QED) is 0.501. The average molecular weight is 250 g/mol. The Morgan fingerprint density at radius 2 is 1.21 bits per heavy atom. The van der Waals surface area contributed by atoms with E-state index in [1.165, 1.54) is 0 Å². The summed E-state index contributed by atoms with van der Waals surface area (Å²) in [6.45, 7) is 0. The standard InChI is InChI=1S/C16H10O3/c17-12-5-6-13-16(9-12)19-15-8-11-4-2-1-3-10(11)7-14(15)18-13/h1-9,17H. The third kappa shape index (κ3) is 1.59. The molecule has 0 fully saturated rings. The van der Waals surface area contributed by atoms with Crippen molar-refractivity contribution in [3.63, 3.8) is 0 Å². The minimum Gasteiger partial charge on any atom is -0.508 e. The fourth-order valence-corrected chi connectivity index (χ4v) is 2.26. The Morgan fingerprint density at radius 1 is 0.632 bits per heavy atom. The minimum absolute atomic E-state index is 0.159. The molecule has 0 radical (unpaired) electrons. The highest BCUT2D eigenvalue weighted by Crippen LogP contribution is 2.47. The van der Waals surface area contributed by atoms with Crippen LogP contribution >= 0.6 is 0 Å². The van der Waals surface area contributed by atoms with Gasteiger partial charge in [0.15, 0.2) is 23.0 Å². The number of aromatic hydroxyl groups is 1. The summed E-state index contributed by atoms with van der Waals surface area (Å²) >= 11 is 0. The van der Waals surface area contributed by atoms with Crippen LogP contribution in [0.4, 0.5) is 0 Å². The first-order chi connectivity index (χ1) is 9.29. The zero-order valence-electron chi connectivity index (χ0n) is 9.96. The lowest BCUT2D eigenvalue weighted by Crippen LogP contribution is -1.98. The van der Waals surface area contributed by atoms with Gasteiger partial charge in [0.25, 0.3) is 0 Å². The van der Waals surface area contributed by atoms with Crippen molar-refractivity contribution >= 4 is 10.8 Å². The summed E-state index contributed by atoms with van der Waals surface area (Å²) in [6, 6.07) is 16.8. The van der Waals surface area contributed by atoms with Crippen molar-refractivity contribution in [1.82, 2.24) is 0 Å². The number of hydrogen-bond acceptors (Lipinski definition) is 3. The molecule has 3 aromatic carbocycles. The Kier molecular flexibility index (Phi) is 1.97. The van der Waals surface area contributed by atoms with Gasteiger partial charge in [-0.25, -0.2) is 0 Å². The van der Waals surface area contributed by atoms with Crippen LogP contribution in [0.15, 0.2) is 54.6 Å². The molecule has 1 N–H and O–H groups in total. The number of phenolic OH excluding ortho intramolecular Hbond substituents is 1. The highest BCUT2D eigenvalue weighted by atomic mass is 16.6. The third-order valence-electron chi connectivity index (χ3n) is 3.18. The zero-order chi connectivity index (χ0) is 12.8. The summed E-state index contributed by atoms with van der Waals surface area (Å²) in [4.78, 5) is 0. The summed E-state index contributed by atoms with van der Waals surface area (Å²) in [5.41, 5.74) is 0. The predicted octanol–water partition coefficient (Wildman–Crippen LogP) is 4.44. The first kappa shape index (κ1) is 10.3. The lowest BCUT2D eigenvalue weighted by molar-refractivity contribution is 0.357. The van der Waals surface area contributed by atoms with Crippen LogP contribution in [0.25, 0.3) is 10.8 Å². The van der Waals surface area contributed by atoms with Gasteiger partial charge in [-0.05, 0) is 35.0 Å². The van der Waals surface area contributed by atoms with Gasteiger partial charge >= 0.3 is 0 Å². The average Bonchev–Trinajstić information content (AvgIpc) is 2.43. The monoisotopic (exact) mass is 250 g/mol. The topological polar surface area (TPSA) is 38.7 Å². The van der Waals surface area contributed by atoms with Gasteiger partial charge < -0.3 is 14.6 Å². The molecule has 0 spiro atoms. The van der Waals surface area contributed by atoms with Gasteiger partial charge in [-0.1, -0.05) is 24.3 Å². The number of hydrogen-bond donors (Lipinski definition) is 1. The molecule has 1 heterocycles. The smallest absolute Gasteiger partial charge is 0.173 e. The normalized spacial score (nSPS) is 12.2. The molecule has 4 rings (SSSR count). The molecule has 1 aliphatic heterocycles. The molecule has 0 atom stereocenters. The van der Waals surface area contributed by atoms with E-state index in [4.69, 9.17) is 9.47 Å². The SMILES string of the molecule is Oc1ccc2c(c1)Oc1cc3ccccc3cc1O2. The Hall–Kier alpha value is -2.68. The van der Waals surface area contributed by atoms with Crippen molar-refractivity contribution in [3.05, 3.63) is 54.6 Å². The van der Waals surface area contributed by atoms with Gasteiger partial charge in [-0.15, -0.1) is 0 Å². The minimum atomic E-state index is 0.159. The second-order valence-corrected chi connectivity index (χ2v) is 4.48. The van der Waals surface area contributed by atoms with E-state index in [1.54, 1.807) is 18.2 Å². The van der Waals surface area contributed by atoms with Crippen LogP contribution in [0.5, 0.6) is 28.7 Å². The molecule has 3 heteroatoms. The van der Waals surface area contributed by atoms with Crippen LogP contribution in [0.2, 0.25) is 0 Å². The summed E-state index contributed by atoms with van der Waals surface area (Å²) < 4.78 is 11.6. The van der Waals surface area contributed by atoms with E-state index in [2.05, 4.69) is 0 Å². The molecule has 0 aromatic heterocycles. The maximum Gasteiger partial charge on any atom is 0.173 e. The van der Waals surface area contributed by atoms with Gasteiger partial charge in [-0.3, -0.25) is 0 Å². The molecular formula is C16H10O3. The van der Waals surface area contributed by atoms with Crippen LogP contribution in [0.1, 0.15) is 0 Å². The molecule has 0 saturated heterocycles. The second-order valence-electron chi connectivity index (χ2n) is 4.48. The van der Waals surface area contributed by atoms with Crippen molar-refractivity contribution < 1.29 is 14.6 Å². The third-order valence-corrected chi connectivity index (χ3v) is 3.18. The van der Waals surface area contributed by atoms with Gasteiger partial charge in [0.2, 0.25) is 0 Å². The van der Waals surface area contributed by atoms with E-state index in [1.807, 2.05) is 36.4 Å². The van der Waals surface area contributed by atoms with Crippen molar-refractivity contribution in [1.29, 1.82) is 0 Å². The summed E-state index contributed by atoms with van der Waals surface area (Å²) in [5.74, 6) is 2.66. The highest BCUT2D eigenvalue weighted by molar-refractivity contribution is 5.86. The molecule has 1 aliphatic rings. The zero-order valence-corrected chi connectivity index (χ0v) is 9.96. The summed E-state index contributed by atoms with van der Waals surface area (Å²) in [5, 5.41) is 11.7. The van der Waals surface area contributed by atoms with Crippen LogP contribution in [0, 0.1) is 0 Å². The molecule has 0 bridgehead atoms. The Balaban J connectivity index is 1.90. The van der Waals surface area contributed by atoms with Crippen molar-refractivity contribution in [2.75, 3.05) is 0 Å². The molecule has 3 aromatic rings. The van der Waals surface area contributed by atoms with Crippen LogP contribution in [-0.4, -0.2) is 5.11 Å². The number of rotatable bonds is 0. The molecular weight excluding hydrogens is 240 g/mol. The second kappa shape index (κ2) is 3.65. The lowest BCUT2D eigenvalue weighted by Gasteiger charge is -2.21. The molecule has 92 valence electrons. The summed E-state index contributed by atoms with van der Waals surface area (Å²) in [7, 11) is 0. The molecule has 0 unspecified atom stereocenters. The maximum absolute atomic E-state index is 9.47. The Labute approximate surface area is 109 Å². The van der Waals surface area contributed by atoms with E-state index in [9.17, 15) is 5.11 Å². The lowest BCUT2D eigenvalue weighted by atomic mass is 10.1. The molecule has 3 nitrogen and oxygen atoms in total. The van der Waals surface area contributed by atoms with Crippen LogP contribution in [-0.2, 0) is 0 Å². The van der Waals surface area contributed by atoms with E-state index < -0.39 is 0 Å². The van der Waals surface area contributed by atoms with Crippen molar-refractivity contribution in [2.45, 2.75) is 0 Å². The largest absolute Gasteiger partial charge is 0.508 e. The van der Waals surface area contributed by atoms with E-state index in [0.717, 1.165) is 10.8 Å². The molecule has 19 heavy (non-hydrogen) atoms. The van der Waals surface area contributed by atoms with E-state index >= 15 is 0 Å². The fraction of sp³-hybridized carbons (Fsp3) is 0. The molecule has 0 amide bonds. The molecule has 0 saturated carbocycles. The Morgan fingerprint density at radius 3 is 1.89 bits per heavy atom. The number of benzene rings is 3. The van der Waals surface area contributed by atoms with Gasteiger partial charge in [0.1, 0.15) is 5.75 Å². The summed E-state index contributed by atoms with van der Waals surface area (Å²) in [6.07, 6.45) is 0. The number of fused-ring (bicyclic) bond motifs is 3. The fourth-order valence-electron chi connectivity index (χ4n) is 2.26. The molecule has 0 aliphatic carbocycles. The first-order valence-corrected chi connectivity index (χ1v) is 6.01. The Bertz CT molecular complexity index is 793. The van der Waals surface area contributed by atoms with Crippen molar-refractivity contribution in [3.8, 4) is 28.7 Å². The van der Waals surface area contributed by atoms with Gasteiger partial charge in [-0.2, -0.15) is 0 Å². The number of phenols is 1. The van der Waals surface area contributed by atoms with E-state index in [0.29, 0.717) is 23.0 Å².